The summed E-state index contributed by atoms with van der Waals surface area (Å²) in [5.74, 6) is 0. The third-order valence-corrected chi connectivity index (χ3v) is 2.12. The molecule has 1 N–H and O–H groups in total. The number of halogens is 1. The summed E-state index contributed by atoms with van der Waals surface area (Å²) < 4.78 is 29.7. The molecule has 1 aromatic rings. The van der Waals surface area contributed by atoms with Crippen molar-refractivity contribution in [2.45, 2.75) is 11.9 Å². The summed E-state index contributed by atoms with van der Waals surface area (Å²) in [6.07, 6.45) is 1.32. The maximum Gasteiger partial charge on any atom is 0.312 e. The Labute approximate surface area is 76.8 Å². The molecule has 0 radical (unpaired) electrons. The van der Waals surface area contributed by atoms with E-state index in [-0.39, 0.29) is 17.4 Å². The van der Waals surface area contributed by atoms with Crippen molar-refractivity contribution in [2.75, 3.05) is 0 Å². The van der Waals surface area contributed by atoms with Crippen LogP contribution in [0.25, 0.3) is 0 Å². The molecule has 0 unspecified atom stereocenters. The van der Waals surface area contributed by atoms with Gasteiger partial charge in [-0.3, -0.25) is 4.55 Å². The van der Waals surface area contributed by atoms with Gasteiger partial charge in [-0.15, -0.1) is 12.4 Å². The van der Waals surface area contributed by atoms with E-state index in [1.807, 2.05) is 0 Å². The lowest BCUT2D eigenvalue weighted by atomic mass is 10.3. The predicted octanol–water partition coefficient (Wildman–Crippen LogP) is 1.06. The van der Waals surface area contributed by atoms with Crippen LogP contribution >= 0.6 is 12.4 Å². The largest absolute Gasteiger partial charge is 0.312 e. The van der Waals surface area contributed by atoms with E-state index < -0.39 is 10.1 Å². The van der Waals surface area contributed by atoms with E-state index >= 15 is 0 Å². The van der Waals surface area contributed by atoms with Gasteiger partial charge in [-0.05, 0) is 18.6 Å². The van der Waals surface area contributed by atoms with Crippen LogP contribution in [0.4, 0.5) is 0 Å². The van der Waals surface area contributed by atoms with Crippen molar-refractivity contribution in [3.63, 3.8) is 0 Å². The fourth-order valence-electron chi connectivity index (χ4n) is 0.741. The number of pyridine rings is 1. The zero-order valence-corrected chi connectivity index (χ0v) is 7.89. The maximum atomic E-state index is 10.5. The van der Waals surface area contributed by atoms with Crippen LogP contribution in [0.3, 0.4) is 0 Å². The molecule has 68 valence electrons. The van der Waals surface area contributed by atoms with Crippen LogP contribution in [0.5, 0.6) is 0 Å². The molecular weight excluding hydrogens is 202 g/mol. The van der Waals surface area contributed by atoms with Gasteiger partial charge in [0.25, 0.3) is 0 Å². The minimum absolute atomic E-state index is 0. The summed E-state index contributed by atoms with van der Waals surface area (Å²) in [5.41, 5.74) is 0.440. The summed E-state index contributed by atoms with van der Waals surface area (Å²) >= 11 is 0. The molecule has 1 aromatic heterocycles. The molecule has 1 rings (SSSR count). The second-order valence-electron chi connectivity index (χ2n) is 2.10. The van der Waals surface area contributed by atoms with Crippen LogP contribution < -0.4 is 0 Å². The average Bonchev–Trinajstić information content (AvgIpc) is 1.86. The molecule has 0 aromatic carbocycles. The van der Waals surface area contributed by atoms with E-state index in [1.165, 1.54) is 6.20 Å². The van der Waals surface area contributed by atoms with Crippen LogP contribution in [0.1, 0.15) is 5.56 Å². The molecule has 0 aliphatic heterocycles. The molecular formula is C6H8ClNO3S. The van der Waals surface area contributed by atoms with Crippen LogP contribution in [0, 0.1) is 6.92 Å². The van der Waals surface area contributed by atoms with E-state index in [4.69, 9.17) is 4.55 Å². The smallest absolute Gasteiger partial charge is 0.281 e. The first-order valence-electron chi connectivity index (χ1n) is 2.91. The Hall–Kier alpha value is -0.650. The Balaban J connectivity index is 0.00000121. The summed E-state index contributed by atoms with van der Waals surface area (Å²) in [6, 6.07) is 3.17. The van der Waals surface area contributed by atoms with Crippen molar-refractivity contribution >= 4 is 22.5 Å². The van der Waals surface area contributed by atoms with Crippen molar-refractivity contribution in [3.8, 4) is 0 Å². The lowest BCUT2D eigenvalue weighted by Crippen LogP contribution is -2.02. The molecule has 0 amide bonds. The third kappa shape index (κ3) is 2.44. The maximum absolute atomic E-state index is 10.5. The predicted molar refractivity (Wildman–Crippen MR) is 46.0 cm³/mol. The Bertz CT molecular complexity index is 363. The van der Waals surface area contributed by atoms with Crippen LogP contribution in [-0.2, 0) is 10.1 Å². The quantitative estimate of drug-likeness (QED) is 0.703. The van der Waals surface area contributed by atoms with Gasteiger partial charge in [0.2, 0.25) is 0 Å². The normalized spacial score (nSPS) is 10.5. The molecule has 1 heterocycles. The van der Waals surface area contributed by atoms with Crippen molar-refractivity contribution in [2.24, 2.45) is 0 Å². The van der Waals surface area contributed by atoms with Gasteiger partial charge in [-0.1, -0.05) is 6.07 Å². The van der Waals surface area contributed by atoms with E-state index in [0.717, 1.165) is 0 Å². The first-order chi connectivity index (χ1) is 5.02. The Morgan fingerprint density at radius 3 is 2.42 bits per heavy atom. The lowest BCUT2D eigenvalue weighted by molar-refractivity contribution is 0.478. The van der Waals surface area contributed by atoms with Gasteiger partial charge in [0, 0.05) is 6.20 Å². The summed E-state index contributed by atoms with van der Waals surface area (Å²) in [4.78, 5) is 3.51. The zero-order valence-electron chi connectivity index (χ0n) is 6.26. The highest BCUT2D eigenvalue weighted by Crippen LogP contribution is 2.08. The molecule has 0 saturated carbocycles. The fourth-order valence-corrected chi connectivity index (χ4v) is 1.41. The second-order valence-corrected chi connectivity index (χ2v) is 3.44. The summed E-state index contributed by atoms with van der Waals surface area (Å²) in [6.45, 7) is 1.57. The minimum atomic E-state index is -4.14. The van der Waals surface area contributed by atoms with E-state index in [0.29, 0.717) is 5.56 Å². The van der Waals surface area contributed by atoms with Gasteiger partial charge >= 0.3 is 10.1 Å². The molecule has 12 heavy (non-hydrogen) atoms. The van der Waals surface area contributed by atoms with Gasteiger partial charge in [0.05, 0.1) is 0 Å². The van der Waals surface area contributed by atoms with Gasteiger partial charge < -0.3 is 0 Å². The summed E-state index contributed by atoms with van der Waals surface area (Å²) in [5, 5.41) is -0.278. The Kier molecular flexibility index (Phi) is 3.63. The zero-order chi connectivity index (χ0) is 8.48. The molecule has 0 aliphatic rings. The first kappa shape index (κ1) is 11.4. The number of aryl methyl sites for hydroxylation is 1. The van der Waals surface area contributed by atoms with Gasteiger partial charge in [0.15, 0.2) is 5.03 Å². The first-order valence-corrected chi connectivity index (χ1v) is 4.35. The van der Waals surface area contributed by atoms with Crippen LogP contribution in [-0.4, -0.2) is 18.0 Å². The molecule has 0 saturated heterocycles. The highest BCUT2D eigenvalue weighted by Gasteiger charge is 2.12. The molecule has 0 bridgehead atoms. The van der Waals surface area contributed by atoms with Crippen molar-refractivity contribution < 1.29 is 13.0 Å². The number of rotatable bonds is 1. The monoisotopic (exact) mass is 209 g/mol. The van der Waals surface area contributed by atoms with Gasteiger partial charge in [-0.25, -0.2) is 4.98 Å². The van der Waals surface area contributed by atoms with Crippen molar-refractivity contribution in [3.05, 3.63) is 23.9 Å². The number of hydrogen-bond acceptors (Lipinski definition) is 3. The fraction of sp³-hybridized carbons (Fsp3) is 0.167. The van der Waals surface area contributed by atoms with E-state index in [1.54, 1.807) is 19.1 Å². The molecule has 6 heteroatoms. The van der Waals surface area contributed by atoms with Gasteiger partial charge in [0.1, 0.15) is 0 Å². The average molecular weight is 210 g/mol. The van der Waals surface area contributed by atoms with Crippen molar-refractivity contribution in [1.82, 2.24) is 4.98 Å². The lowest BCUT2D eigenvalue weighted by Gasteiger charge is -1.97. The Morgan fingerprint density at radius 2 is 2.08 bits per heavy atom. The molecule has 0 atom stereocenters. The highest BCUT2D eigenvalue weighted by atomic mass is 35.5. The SMILES string of the molecule is Cc1cccnc1S(=O)(=O)O.Cl. The topological polar surface area (TPSA) is 67.3 Å². The van der Waals surface area contributed by atoms with Crippen LogP contribution in [0.2, 0.25) is 0 Å². The molecule has 0 aliphatic carbocycles. The molecule has 0 spiro atoms. The van der Waals surface area contributed by atoms with E-state index in [9.17, 15) is 8.42 Å². The second kappa shape index (κ2) is 3.84. The number of hydrogen-bond donors (Lipinski definition) is 1. The van der Waals surface area contributed by atoms with Crippen molar-refractivity contribution in [1.29, 1.82) is 0 Å². The minimum Gasteiger partial charge on any atom is -0.281 e. The summed E-state index contributed by atoms with van der Waals surface area (Å²) in [7, 11) is -4.14. The molecule has 0 fully saturated rings. The number of aromatic nitrogens is 1. The highest BCUT2D eigenvalue weighted by molar-refractivity contribution is 7.85. The molecule has 4 nitrogen and oxygen atoms in total. The van der Waals surface area contributed by atoms with Crippen LogP contribution in [0.15, 0.2) is 23.4 Å². The third-order valence-electron chi connectivity index (χ3n) is 1.21. The van der Waals surface area contributed by atoms with E-state index in [2.05, 4.69) is 4.98 Å². The van der Waals surface area contributed by atoms with Gasteiger partial charge in [-0.2, -0.15) is 8.42 Å². The Morgan fingerprint density at radius 1 is 1.50 bits per heavy atom. The standard InChI is InChI=1S/C6H7NO3S.ClH/c1-5-3-2-4-7-6(5)11(8,9)10;/h2-4H,1H3,(H,8,9,10);1H. The number of nitrogens with zero attached hydrogens (tertiary/aromatic N) is 1.